The molecule has 0 spiro atoms. The van der Waals surface area contributed by atoms with Crippen molar-refractivity contribution in [3.05, 3.63) is 28.2 Å². The fraction of sp³-hybridized carbons (Fsp3) is 0.400. The third kappa shape index (κ3) is 3.11. The minimum atomic E-state index is -4.74. The highest BCUT2D eigenvalue weighted by Crippen LogP contribution is 2.38. The molecule has 0 unspecified atom stereocenters. The maximum absolute atomic E-state index is 12.2. The third-order valence-corrected chi connectivity index (χ3v) is 2.79. The molecule has 17 heavy (non-hydrogen) atoms. The van der Waals surface area contributed by atoms with E-state index in [4.69, 9.17) is 9.47 Å². The lowest BCUT2D eigenvalue weighted by molar-refractivity contribution is -0.275. The summed E-state index contributed by atoms with van der Waals surface area (Å²) < 4.78 is 51.4. The average molecular weight is 313 g/mol. The summed E-state index contributed by atoms with van der Waals surface area (Å²) in [4.78, 5) is 0. The lowest BCUT2D eigenvalue weighted by Gasteiger charge is -2.17. The Bertz CT molecular complexity index is 402. The standard InChI is InChI=1S/C10H8BrF3O3/c11-6-2-1-3-7(17-10(12,13)14)8(6)9-15-4-5-16-9/h1-3,9H,4-5H2. The van der Waals surface area contributed by atoms with Crippen molar-refractivity contribution in [2.45, 2.75) is 12.7 Å². The minimum Gasteiger partial charge on any atom is -0.405 e. The van der Waals surface area contributed by atoms with Gasteiger partial charge in [-0.3, -0.25) is 0 Å². The molecule has 0 N–H and O–H groups in total. The molecule has 1 saturated heterocycles. The van der Waals surface area contributed by atoms with Crippen LogP contribution in [0.4, 0.5) is 13.2 Å². The van der Waals surface area contributed by atoms with Gasteiger partial charge in [-0.1, -0.05) is 22.0 Å². The minimum absolute atomic E-state index is 0.210. The van der Waals surface area contributed by atoms with Crippen LogP contribution in [0.5, 0.6) is 5.75 Å². The van der Waals surface area contributed by atoms with Crippen molar-refractivity contribution >= 4 is 15.9 Å². The summed E-state index contributed by atoms with van der Waals surface area (Å²) >= 11 is 3.16. The summed E-state index contributed by atoms with van der Waals surface area (Å²) in [5, 5.41) is 0. The van der Waals surface area contributed by atoms with E-state index in [0.29, 0.717) is 17.7 Å². The molecule has 1 fully saturated rings. The largest absolute Gasteiger partial charge is 0.573 e. The monoisotopic (exact) mass is 312 g/mol. The Hall–Kier alpha value is -0.790. The Kier molecular flexibility index (Phi) is 3.60. The van der Waals surface area contributed by atoms with Crippen molar-refractivity contribution in [2.75, 3.05) is 13.2 Å². The molecule has 0 atom stereocenters. The van der Waals surface area contributed by atoms with Crippen LogP contribution in [0.2, 0.25) is 0 Å². The molecule has 1 aromatic carbocycles. The first-order chi connectivity index (χ1) is 7.97. The van der Waals surface area contributed by atoms with E-state index in [1.807, 2.05) is 0 Å². The lowest BCUT2D eigenvalue weighted by atomic mass is 10.2. The van der Waals surface area contributed by atoms with E-state index in [1.54, 1.807) is 6.07 Å². The van der Waals surface area contributed by atoms with Gasteiger partial charge in [-0.05, 0) is 12.1 Å². The molecular formula is C10H8BrF3O3. The van der Waals surface area contributed by atoms with E-state index in [1.165, 1.54) is 12.1 Å². The van der Waals surface area contributed by atoms with Crippen molar-refractivity contribution < 1.29 is 27.4 Å². The second-order valence-corrected chi connectivity index (χ2v) is 4.13. The molecule has 0 amide bonds. The number of benzene rings is 1. The van der Waals surface area contributed by atoms with Gasteiger partial charge in [-0.15, -0.1) is 13.2 Å². The summed E-state index contributed by atoms with van der Waals surface area (Å²) in [5.74, 6) is -0.321. The van der Waals surface area contributed by atoms with Crippen LogP contribution >= 0.6 is 15.9 Å². The number of halogens is 4. The SMILES string of the molecule is FC(F)(F)Oc1cccc(Br)c1C1OCCO1. The van der Waals surface area contributed by atoms with Crippen molar-refractivity contribution in [1.82, 2.24) is 0 Å². The van der Waals surface area contributed by atoms with Crippen LogP contribution in [0.15, 0.2) is 22.7 Å². The van der Waals surface area contributed by atoms with Gasteiger partial charge in [0.15, 0.2) is 6.29 Å². The predicted octanol–water partition coefficient (Wildman–Crippen LogP) is 3.39. The van der Waals surface area contributed by atoms with Crippen LogP contribution in [0.3, 0.4) is 0 Å². The highest BCUT2D eigenvalue weighted by Gasteiger charge is 2.34. The zero-order valence-corrected chi connectivity index (χ0v) is 10.0. The van der Waals surface area contributed by atoms with Gasteiger partial charge in [0.05, 0.1) is 18.8 Å². The summed E-state index contributed by atoms with van der Waals surface area (Å²) in [5.41, 5.74) is 0.210. The first kappa shape index (κ1) is 12.7. The first-order valence-electron chi connectivity index (χ1n) is 4.75. The van der Waals surface area contributed by atoms with Gasteiger partial charge in [0, 0.05) is 4.47 Å². The summed E-state index contributed by atoms with van der Waals surface area (Å²) in [6, 6.07) is 4.27. The Morgan fingerprint density at radius 1 is 1.24 bits per heavy atom. The van der Waals surface area contributed by atoms with E-state index in [0.717, 1.165) is 0 Å². The number of ether oxygens (including phenoxy) is 3. The van der Waals surface area contributed by atoms with Crippen LogP contribution in [-0.4, -0.2) is 19.6 Å². The van der Waals surface area contributed by atoms with Gasteiger partial charge >= 0.3 is 6.36 Å². The van der Waals surface area contributed by atoms with Crippen LogP contribution in [0.1, 0.15) is 11.9 Å². The van der Waals surface area contributed by atoms with E-state index in [9.17, 15) is 13.2 Å². The van der Waals surface area contributed by atoms with Crippen LogP contribution < -0.4 is 4.74 Å². The van der Waals surface area contributed by atoms with Crippen molar-refractivity contribution in [2.24, 2.45) is 0 Å². The maximum Gasteiger partial charge on any atom is 0.573 e. The van der Waals surface area contributed by atoms with Crippen LogP contribution in [0.25, 0.3) is 0 Å². The fourth-order valence-electron chi connectivity index (χ4n) is 1.48. The molecule has 2 rings (SSSR count). The quantitative estimate of drug-likeness (QED) is 0.837. The van der Waals surface area contributed by atoms with Crippen molar-refractivity contribution in [1.29, 1.82) is 0 Å². The van der Waals surface area contributed by atoms with Gasteiger partial charge in [0.25, 0.3) is 0 Å². The number of hydrogen-bond acceptors (Lipinski definition) is 3. The van der Waals surface area contributed by atoms with Crippen LogP contribution in [-0.2, 0) is 9.47 Å². The third-order valence-electron chi connectivity index (χ3n) is 2.10. The molecule has 0 aliphatic carbocycles. The molecule has 1 aromatic rings. The zero-order chi connectivity index (χ0) is 12.5. The van der Waals surface area contributed by atoms with Gasteiger partial charge < -0.3 is 14.2 Å². The van der Waals surface area contributed by atoms with Crippen molar-refractivity contribution in [3.8, 4) is 5.75 Å². The average Bonchev–Trinajstić information content (AvgIpc) is 2.68. The first-order valence-corrected chi connectivity index (χ1v) is 5.54. The second-order valence-electron chi connectivity index (χ2n) is 3.27. The van der Waals surface area contributed by atoms with Gasteiger partial charge in [-0.2, -0.15) is 0 Å². The zero-order valence-electron chi connectivity index (χ0n) is 8.46. The molecular weight excluding hydrogens is 305 g/mol. The van der Waals surface area contributed by atoms with Gasteiger partial charge in [0.1, 0.15) is 5.75 Å². The Morgan fingerprint density at radius 2 is 1.88 bits per heavy atom. The van der Waals surface area contributed by atoms with E-state index < -0.39 is 12.7 Å². The Labute approximate surface area is 104 Å². The van der Waals surface area contributed by atoms with E-state index >= 15 is 0 Å². The smallest absolute Gasteiger partial charge is 0.405 e. The topological polar surface area (TPSA) is 27.7 Å². The fourth-order valence-corrected chi connectivity index (χ4v) is 2.02. The Balaban J connectivity index is 2.34. The predicted molar refractivity (Wildman–Crippen MR) is 55.5 cm³/mol. The lowest BCUT2D eigenvalue weighted by Crippen LogP contribution is -2.19. The Morgan fingerprint density at radius 3 is 2.47 bits per heavy atom. The molecule has 94 valence electrons. The normalized spacial score (nSPS) is 17.4. The molecule has 7 heteroatoms. The summed E-state index contributed by atoms with van der Waals surface area (Å²) in [7, 11) is 0. The number of rotatable bonds is 2. The van der Waals surface area contributed by atoms with E-state index in [2.05, 4.69) is 20.7 Å². The molecule has 0 radical (unpaired) electrons. The summed E-state index contributed by atoms with van der Waals surface area (Å²) in [6.07, 6.45) is -5.57. The van der Waals surface area contributed by atoms with Crippen molar-refractivity contribution in [3.63, 3.8) is 0 Å². The van der Waals surface area contributed by atoms with Gasteiger partial charge in [0.2, 0.25) is 0 Å². The number of alkyl halides is 3. The van der Waals surface area contributed by atoms with Crippen LogP contribution in [0, 0.1) is 0 Å². The molecule has 0 bridgehead atoms. The highest BCUT2D eigenvalue weighted by atomic mass is 79.9. The molecule has 1 aliphatic heterocycles. The maximum atomic E-state index is 12.2. The molecule has 0 saturated carbocycles. The molecule has 1 heterocycles. The molecule has 1 aliphatic rings. The number of hydrogen-bond donors (Lipinski definition) is 0. The van der Waals surface area contributed by atoms with Gasteiger partial charge in [-0.25, -0.2) is 0 Å². The van der Waals surface area contributed by atoms with E-state index in [-0.39, 0.29) is 11.3 Å². The second kappa shape index (κ2) is 4.83. The molecule has 3 nitrogen and oxygen atoms in total. The summed E-state index contributed by atoms with van der Waals surface area (Å²) in [6.45, 7) is 0.689. The highest BCUT2D eigenvalue weighted by molar-refractivity contribution is 9.10. The molecule has 0 aromatic heterocycles.